The van der Waals surface area contributed by atoms with Crippen molar-refractivity contribution in [3.63, 3.8) is 0 Å². The molecule has 0 bridgehead atoms. The summed E-state index contributed by atoms with van der Waals surface area (Å²) in [5.41, 5.74) is 2.73. The lowest BCUT2D eigenvalue weighted by Gasteiger charge is -2.35. The zero-order valence-electron chi connectivity index (χ0n) is 15.7. The van der Waals surface area contributed by atoms with Crippen LogP contribution in [0.5, 0.6) is 0 Å². The molecule has 0 spiro atoms. The molecule has 1 aromatic carbocycles. The molecule has 0 atom stereocenters. The first kappa shape index (κ1) is 18.0. The first-order valence-electron chi connectivity index (χ1n) is 9.05. The summed E-state index contributed by atoms with van der Waals surface area (Å²) >= 11 is 3.64. The fraction of sp³-hybridized carbons (Fsp3) is 0.350. The van der Waals surface area contributed by atoms with E-state index in [1.807, 2.05) is 60.7 Å². The SMILES string of the molecule is Cc1cc(N2CCN(C(=O)c3c(Br)c4ccccc4n3C)CC2)nc(C)n1. The highest BCUT2D eigenvalue weighted by atomic mass is 79.9. The van der Waals surface area contributed by atoms with Crippen LogP contribution in [0.2, 0.25) is 0 Å². The van der Waals surface area contributed by atoms with Crippen molar-refractivity contribution in [2.75, 3.05) is 31.1 Å². The minimum absolute atomic E-state index is 0.0651. The lowest BCUT2D eigenvalue weighted by atomic mass is 10.2. The number of amides is 1. The molecule has 3 aromatic rings. The van der Waals surface area contributed by atoms with Crippen LogP contribution in [-0.2, 0) is 7.05 Å². The molecule has 1 aliphatic heterocycles. The maximum atomic E-state index is 13.2. The number of carbonyl (C=O) groups is 1. The van der Waals surface area contributed by atoms with Gasteiger partial charge in [-0.2, -0.15) is 0 Å². The van der Waals surface area contributed by atoms with Gasteiger partial charge >= 0.3 is 0 Å². The van der Waals surface area contributed by atoms with Gasteiger partial charge in [-0.05, 0) is 35.8 Å². The first-order valence-corrected chi connectivity index (χ1v) is 9.84. The number of halogens is 1. The average Bonchev–Trinajstić information content (AvgIpc) is 2.92. The summed E-state index contributed by atoms with van der Waals surface area (Å²) in [6.07, 6.45) is 0. The van der Waals surface area contributed by atoms with E-state index in [0.717, 1.165) is 45.8 Å². The van der Waals surface area contributed by atoms with Gasteiger partial charge in [-0.1, -0.05) is 18.2 Å². The van der Waals surface area contributed by atoms with Gasteiger partial charge in [-0.25, -0.2) is 9.97 Å². The number of hydrogen-bond donors (Lipinski definition) is 0. The summed E-state index contributed by atoms with van der Waals surface area (Å²) in [6.45, 7) is 6.78. The van der Waals surface area contributed by atoms with Crippen LogP contribution in [0, 0.1) is 13.8 Å². The van der Waals surface area contributed by atoms with Crippen molar-refractivity contribution in [3.8, 4) is 0 Å². The predicted octanol–water partition coefficient (Wildman–Crippen LogP) is 3.31. The molecular formula is C20H22BrN5O. The number of aryl methyl sites for hydroxylation is 3. The van der Waals surface area contributed by atoms with Crippen molar-refractivity contribution in [1.29, 1.82) is 0 Å². The van der Waals surface area contributed by atoms with E-state index in [9.17, 15) is 4.79 Å². The van der Waals surface area contributed by atoms with E-state index in [1.54, 1.807) is 0 Å². The van der Waals surface area contributed by atoms with Crippen molar-refractivity contribution in [2.45, 2.75) is 13.8 Å². The summed E-state index contributed by atoms with van der Waals surface area (Å²) in [5.74, 6) is 1.79. The second-order valence-corrected chi connectivity index (χ2v) is 7.73. The number of hydrogen-bond acceptors (Lipinski definition) is 4. The van der Waals surface area contributed by atoms with Gasteiger partial charge in [-0.15, -0.1) is 0 Å². The molecule has 0 unspecified atom stereocenters. The number of para-hydroxylation sites is 1. The monoisotopic (exact) mass is 427 g/mol. The summed E-state index contributed by atoms with van der Waals surface area (Å²) < 4.78 is 2.85. The lowest BCUT2D eigenvalue weighted by molar-refractivity contribution is 0.0736. The number of rotatable bonds is 2. The number of piperazine rings is 1. The molecule has 0 saturated carbocycles. The zero-order chi connectivity index (χ0) is 19.1. The molecule has 3 heterocycles. The topological polar surface area (TPSA) is 54.3 Å². The molecule has 27 heavy (non-hydrogen) atoms. The van der Waals surface area contributed by atoms with Crippen LogP contribution in [0.25, 0.3) is 10.9 Å². The standard InChI is InChI=1S/C20H22BrN5O/c1-13-12-17(23-14(2)22-13)25-8-10-26(11-9-25)20(27)19-18(21)15-6-4-5-7-16(15)24(19)3/h4-7,12H,8-11H2,1-3H3. The number of benzene rings is 1. The second kappa shape index (κ2) is 6.96. The third-order valence-corrected chi connectivity index (χ3v) is 5.89. The van der Waals surface area contributed by atoms with E-state index in [2.05, 4.69) is 30.8 Å². The predicted molar refractivity (Wildman–Crippen MR) is 110 cm³/mol. The third-order valence-electron chi connectivity index (χ3n) is 5.09. The maximum Gasteiger partial charge on any atom is 0.271 e. The van der Waals surface area contributed by atoms with Gasteiger partial charge in [0, 0.05) is 55.9 Å². The van der Waals surface area contributed by atoms with Gasteiger partial charge in [0.25, 0.3) is 5.91 Å². The van der Waals surface area contributed by atoms with E-state index >= 15 is 0 Å². The normalized spacial score (nSPS) is 14.8. The maximum absolute atomic E-state index is 13.2. The molecule has 7 heteroatoms. The highest BCUT2D eigenvalue weighted by molar-refractivity contribution is 9.10. The second-order valence-electron chi connectivity index (χ2n) is 6.93. The van der Waals surface area contributed by atoms with Crippen molar-refractivity contribution in [1.82, 2.24) is 19.4 Å². The van der Waals surface area contributed by atoms with E-state index in [-0.39, 0.29) is 5.91 Å². The Bertz CT molecular complexity index is 961. The summed E-state index contributed by atoms with van der Waals surface area (Å²) in [5, 5.41) is 1.06. The molecule has 1 aliphatic rings. The quantitative estimate of drug-likeness (QED) is 0.629. The van der Waals surface area contributed by atoms with Crippen LogP contribution >= 0.6 is 15.9 Å². The Labute approximate surface area is 166 Å². The average molecular weight is 428 g/mol. The minimum Gasteiger partial charge on any atom is -0.353 e. The third kappa shape index (κ3) is 3.20. The molecule has 0 radical (unpaired) electrons. The van der Waals surface area contributed by atoms with Gasteiger partial charge in [0.05, 0.1) is 4.47 Å². The lowest BCUT2D eigenvalue weighted by Crippen LogP contribution is -2.49. The molecule has 6 nitrogen and oxygen atoms in total. The molecular weight excluding hydrogens is 406 g/mol. The first-order chi connectivity index (χ1) is 13.0. The molecule has 0 aliphatic carbocycles. The Balaban J connectivity index is 1.54. The molecule has 4 rings (SSSR count). The van der Waals surface area contributed by atoms with E-state index < -0.39 is 0 Å². The smallest absolute Gasteiger partial charge is 0.271 e. The van der Waals surface area contributed by atoms with Gasteiger partial charge in [-0.3, -0.25) is 4.79 Å². The van der Waals surface area contributed by atoms with Crippen LogP contribution in [0.3, 0.4) is 0 Å². The highest BCUT2D eigenvalue weighted by Gasteiger charge is 2.27. The number of aromatic nitrogens is 3. The molecule has 1 saturated heterocycles. The van der Waals surface area contributed by atoms with Crippen LogP contribution in [0.15, 0.2) is 34.8 Å². The van der Waals surface area contributed by atoms with E-state index in [0.29, 0.717) is 18.8 Å². The van der Waals surface area contributed by atoms with Gasteiger partial charge in [0.15, 0.2) is 0 Å². The Morgan fingerprint density at radius 1 is 1.07 bits per heavy atom. The Morgan fingerprint density at radius 3 is 2.44 bits per heavy atom. The number of nitrogens with zero attached hydrogens (tertiary/aromatic N) is 5. The number of fused-ring (bicyclic) bond motifs is 1. The molecule has 0 N–H and O–H groups in total. The Kier molecular flexibility index (Phi) is 4.63. The summed E-state index contributed by atoms with van der Waals surface area (Å²) in [7, 11) is 1.95. The van der Waals surface area contributed by atoms with Crippen molar-refractivity contribution < 1.29 is 4.79 Å². The zero-order valence-corrected chi connectivity index (χ0v) is 17.3. The van der Waals surface area contributed by atoms with Crippen LogP contribution in [-0.4, -0.2) is 51.5 Å². The van der Waals surface area contributed by atoms with Gasteiger partial charge < -0.3 is 14.4 Å². The largest absolute Gasteiger partial charge is 0.353 e. The Hall–Kier alpha value is -2.41. The molecule has 1 fully saturated rings. The Morgan fingerprint density at radius 2 is 1.78 bits per heavy atom. The van der Waals surface area contributed by atoms with Crippen LogP contribution in [0.1, 0.15) is 22.0 Å². The molecule has 140 valence electrons. The van der Waals surface area contributed by atoms with E-state index in [4.69, 9.17) is 0 Å². The van der Waals surface area contributed by atoms with Crippen molar-refractivity contribution in [3.05, 3.63) is 52.0 Å². The minimum atomic E-state index is 0.0651. The van der Waals surface area contributed by atoms with E-state index in [1.165, 1.54) is 0 Å². The van der Waals surface area contributed by atoms with Crippen molar-refractivity contribution in [2.24, 2.45) is 7.05 Å². The number of anilines is 1. The summed E-state index contributed by atoms with van der Waals surface area (Å²) in [6, 6.07) is 10.1. The van der Waals surface area contributed by atoms with Crippen LogP contribution < -0.4 is 4.90 Å². The molecule has 2 aromatic heterocycles. The fourth-order valence-corrected chi connectivity index (χ4v) is 4.50. The van der Waals surface area contributed by atoms with Gasteiger partial charge in [0.2, 0.25) is 0 Å². The fourth-order valence-electron chi connectivity index (χ4n) is 3.73. The molecule has 1 amide bonds. The summed E-state index contributed by atoms with van der Waals surface area (Å²) in [4.78, 5) is 26.2. The number of carbonyl (C=O) groups excluding carboxylic acids is 1. The van der Waals surface area contributed by atoms with Crippen molar-refractivity contribution >= 4 is 38.6 Å². The van der Waals surface area contributed by atoms with Gasteiger partial charge in [0.1, 0.15) is 17.3 Å². The van der Waals surface area contributed by atoms with Crippen LogP contribution in [0.4, 0.5) is 5.82 Å². The highest BCUT2D eigenvalue weighted by Crippen LogP contribution is 2.31.